The van der Waals surface area contributed by atoms with Crippen LogP contribution >= 0.6 is 0 Å². The van der Waals surface area contributed by atoms with Gasteiger partial charge in [0, 0.05) is 59.5 Å². The van der Waals surface area contributed by atoms with Gasteiger partial charge < -0.3 is 29.3 Å². The number of morpholine rings is 1. The summed E-state index contributed by atoms with van der Waals surface area (Å²) in [6, 6.07) is -0.793. The first kappa shape index (κ1) is 29.7. The highest BCUT2D eigenvalue weighted by molar-refractivity contribution is 5.99. The van der Waals surface area contributed by atoms with Gasteiger partial charge in [0.1, 0.15) is 11.6 Å². The summed E-state index contributed by atoms with van der Waals surface area (Å²) in [6.45, 7) is 15.0. The van der Waals surface area contributed by atoms with Gasteiger partial charge in [-0.3, -0.25) is 19.3 Å². The minimum absolute atomic E-state index is 0.0885. The Bertz CT molecular complexity index is 939. The molecule has 0 aromatic rings. The van der Waals surface area contributed by atoms with Crippen LogP contribution in [0.2, 0.25) is 0 Å². The van der Waals surface area contributed by atoms with Crippen molar-refractivity contribution in [2.45, 2.75) is 56.3 Å². The van der Waals surface area contributed by atoms with Gasteiger partial charge in [-0.25, -0.2) is 0 Å². The van der Waals surface area contributed by atoms with Crippen molar-refractivity contribution in [3.8, 4) is 0 Å². The molecular weight excluding hydrogens is 500 g/mol. The number of fused-ring (bicyclic) bond motifs is 1. The molecule has 10 nitrogen and oxygen atoms in total. The van der Waals surface area contributed by atoms with Crippen molar-refractivity contribution in [1.29, 1.82) is 0 Å². The third-order valence-corrected chi connectivity index (χ3v) is 9.06. The molecule has 218 valence electrons. The molecule has 0 aliphatic carbocycles. The van der Waals surface area contributed by atoms with Gasteiger partial charge in [-0.2, -0.15) is 0 Å². The number of carbonyl (C=O) groups excluding carboxylic acids is 3. The molecule has 3 amide bonds. The Labute approximate surface area is 232 Å². The zero-order valence-electron chi connectivity index (χ0n) is 23.7. The van der Waals surface area contributed by atoms with E-state index in [1.807, 2.05) is 6.92 Å². The Balaban J connectivity index is 1.64. The molecule has 10 heteroatoms. The molecule has 0 radical (unpaired) electrons. The van der Waals surface area contributed by atoms with Gasteiger partial charge in [0.25, 0.3) is 0 Å². The van der Waals surface area contributed by atoms with Crippen LogP contribution in [-0.4, -0.2) is 132 Å². The van der Waals surface area contributed by atoms with E-state index in [2.05, 4.69) is 18.1 Å². The molecule has 1 spiro atoms. The van der Waals surface area contributed by atoms with Gasteiger partial charge in [0.2, 0.25) is 17.7 Å². The first-order valence-corrected chi connectivity index (χ1v) is 14.4. The van der Waals surface area contributed by atoms with Crippen molar-refractivity contribution < 1.29 is 29.0 Å². The summed E-state index contributed by atoms with van der Waals surface area (Å²) in [5.41, 5.74) is -1.83. The molecule has 39 heavy (non-hydrogen) atoms. The number of aliphatic hydroxyl groups excluding tert-OH is 1. The number of amides is 3. The van der Waals surface area contributed by atoms with Gasteiger partial charge in [-0.1, -0.05) is 12.2 Å². The quantitative estimate of drug-likeness (QED) is 0.255. The lowest BCUT2D eigenvalue weighted by molar-refractivity contribution is -0.153. The lowest BCUT2D eigenvalue weighted by Gasteiger charge is -2.37. The van der Waals surface area contributed by atoms with Crippen molar-refractivity contribution in [2.75, 3.05) is 72.7 Å². The van der Waals surface area contributed by atoms with Crippen LogP contribution in [0.1, 0.15) is 39.0 Å². The predicted molar refractivity (Wildman–Crippen MR) is 147 cm³/mol. The molecule has 4 fully saturated rings. The van der Waals surface area contributed by atoms with E-state index in [0.29, 0.717) is 71.6 Å². The first-order valence-electron chi connectivity index (χ1n) is 14.4. The van der Waals surface area contributed by atoms with E-state index in [4.69, 9.17) is 9.47 Å². The molecular formula is C29H46N4O6. The third kappa shape index (κ3) is 5.53. The lowest BCUT2D eigenvalue weighted by Crippen LogP contribution is -2.57. The standard InChI is InChI=1S/C29H46N4O6/c1-5-12-30(4)25(35)22-23-26(36)33(14-8-7-9-19-34)24(29(23)11-10-28(22,3)39-29)27(37)32(13-6-2)16-15-31-17-20-38-21-18-31/h5-6,22-24,34H,1-2,7-21H2,3-4H3/t22-,23-,24?,28+,29?/m0/s1. The number of carbonyl (C=O) groups is 3. The van der Waals surface area contributed by atoms with Crippen molar-refractivity contribution in [2.24, 2.45) is 11.8 Å². The third-order valence-electron chi connectivity index (χ3n) is 9.06. The van der Waals surface area contributed by atoms with Crippen molar-refractivity contribution in [3.05, 3.63) is 25.3 Å². The molecule has 4 heterocycles. The molecule has 4 aliphatic rings. The van der Waals surface area contributed by atoms with Crippen LogP contribution in [0.5, 0.6) is 0 Å². The first-order chi connectivity index (χ1) is 18.7. The van der Waals surface area contributed by atoms with Gasteiger partial charge >= 0.3 is 0 Å². The van der Waals surface area contributed by atoms with Crippen LogP contribution in [0.15, 0.2) is 25.3 Å². The number of hydrogen-bond donors (Lipinski definition) is 1. The van der Waals surface area contributed by atoms with E-state index in [9.17, 15) is 19.5 Å². The van der Waals surface area contributed by atoms with Gasteiger partial charge in [0.15, 0.2) is 0 Å². The average Bonchev–Trinajstić information content (AvgIpc) is 3.49. The fourth-order valence-electron chi connectivity index (χ4n) is 7.12. The van der Waals surface area contributed by atoms with Gasteiger partial charge in [0.05, 0.1) is 30.7 Å². The number of hydrogen-bond acceptors (Lipinski definition) is 7. The SMILES string of the molecule is C=CCN(C)C(=O)[C@@H]1[C@H]2C(=O)N(CCCCCO)C(C(=O)N(CC=C)CCN3CCOCC3)C23CC[C@@]1(C)O3. The van der Waals surface area contributed by atoms with Gasteiger partial charge in [-0.05, 0) is 39.0 Å². The molecule has 4 aliphatic heterocycles. The number of aliphatic hydroxyl groups is 1. The van der Waals surface area contributed by atoms with Crippen molar-refractivity contribution in [3.63, 3.8) is 0 Å². The smallest absolute Gasteiger partial charge is 0.248 e. The van der Waals surface area contributed by atoms with E-state index in [1.165, 1.54) is 0 Å². The normalized spacial score (nSPS) is 31.8. The van der Waals surface area contributed by atoms with Crippen LogP contribution in [0.3, 0.4) is 0 Å². The lowest BCUT2D eigenvalue weighted by atomic mass is 9.66. The maximum atomic E-state index is 14.4. The highest BCUT2D eigenvalue weighted by Crippen LogP contribution is 2.63. The summed E-state index contributed by atoms with van der Waals surface area (Å²) in [5, 5.41) is 9.25. The second-order valence-electron chi connectivity index (χ2n) is 11.6. The Morgan fingerprint density at radius 2 is 1.79 bits per heavy atom. The Kier molecular flexibility index (Phi) is 9.52. The molecule has 5 atom stereocenters. The number of likely N-dealkylation sites (tertiary alicyclic amines) is 1. The van der Waals surface area contributed by atoms with Crippen LogP contribution in [0.25, 0.3) is 0 Å². The maximum absolute atomic E-state index is 14.4. The number of unbranched alkanes of at least 4 members (excludes halogenated alkanes) is 2. The largest absolute Gasteiger partial charge is 0.396 e. The molecule has 0 saturated carbocycles. The summed E-state index contributed by atoms with van der Waals surface area (Å²) < 4.78 is 12.2. The minimum atomic E-state index is -1.03. The Morgan fingerprint density at radius 1 is 1.08 bits per heavy atom. The maximum Gasteiger partial charge on any atom is 0.248 e. The zero-order chi connectivity index (χ0) is 28.2. The molecule has 4 rings (SSSR count). The van der Waals surface area contributed by atoms with Gasteiger partial charge in [-0.15, -0.1) is 13.2 Å². The van der Waals surface area contributed by atoms with E-state index in [1.54, 1.807) is 33.9 Å². The summed E-state index contributed by atoms with van der Waals surface area (Å²) in [7, 11) is 1.72. The summed E-state index contributed by atoms with van der Waals surface area (Å²) in [6.07, 6.45) is 6.62. The topological polar surface area (TPSA) is 103 Å². The van der Waals surface area contributed by atoms with Crippen LogP contribution in [-0.2, 0) is 23.9 Å². The number of likely N-dealkylation sites (N-methyl/N-ethyl adjacent to an activating group) is 1. The highest BCUT2D eigenvalue weighted by Gasteiger charge is 2.78. The van der Waals surface area contributed by atoms with Crippen LogP contribution in [0, 0.1) is 11.8 Å². The monoisotopic (exact) mass is 546 g/mol. The predicted octanol–water partition coefficient (Wildman–Crippen LogP) is 0.905. The van der Waals surface area contributed by atoms with E-state index in [0.717, 1.165) is 19.5 Å². The molecule has 2 unspecified atom stereocenters. The van der Waals surface area contributed by atoms with Crippen LogP contribution < -0.4 is 0 Å². The van der Waals surface area contributed by atoms with E-state index < -0.39 is 29.1 Å². The highest BCUT2D eigenvalue weighted by atomic mass is 16.5. The molecule has 1 N–H and O–H groups in total. The number of nitrogens with zero attached hydrogens (tertiary/aromatic N) is 4. The number of rotatable bonds is 14. The van der Waals surface area contributed by atoms with Crippen LogP contribution in [0.4, 0.5) is 0 Å². The zero-order valence-corrected chi connectivity index (χ0v) is 23.7. The van der Waals surface area contributed by atoms with E-state index >= 15 is 0 Å². The van der Waals surface area contributed by atoms with Crippen molar-refractivity contribution >= 4 is 17.7 Å². The number of ether oxygens (including phenoxy) is 2. The second-order valence-corrected chi connectivity index (χ2v) is 11.6. The molecule has 2 bridgehead atoms. The Hall–Kier alpha value is -2.27. The Morgan fingerprint density at radius 3 is 2.46 bits per heavy atom. The average molecular weight is 547 g/mol. The molecule has 0 aromatic carbocycles. The fraction of sp³-hybridized carbons (Fsp3) is 0.759. The fourth-order valence-corrected chi connectivity index (χ4v) is 7.12. The molecule has 0 aromatic heterocycles. The minimum Gasteiger partial charge on any atom is -0.396 e. The summed E-state index contributed by atoms with van der Waals surface area (Å²) in [4.78, 5) is 49.6. The van der Waals surface area contributed by atoms with E-state index in [-0.39, 0.29) is 24.3 Å². The summed E-state index contributed by atoms with van der Waals surface area (Å²) in [5.74, 6) is -1.80. The van der Waals surface area contributed by atoms with Crippen molar-refractivity contribution in [1.82, 2.24) is 19.6 Å². The summed E-state index contributed by atoms with van der Waals surface area (Å²) >= 11 is 0. The molecule has 4 saturated heterocycles. The second kappa shape index (κ2) is 12.5.